The van der Waals surface area contributed by atoms with Gasteiger partial charge in [0.05, 0.1) is 11.6 Å². The second-order valence-electron chi connectivity index (χ2n) is 14.1. The molecule has 11 nitrogen and oxygen atoms in total. The summed E-state index contributed by atoms with van der Waals surface area (Å²) in [6, 6.07) is 4.12. The molecule has 1 aromatic heterocycles. The number of fused-ring (bicyclic) bond motifs is 3. The Morgan fingerprint density at radius 1 is 1.06 bits per heavy atom. The zero-order valence-corrected chi connectivity index (χ0v) is 27.4. The molecule has 4 aliphatic rings. The maximum absolute atomic E-state index is 14.3. The maximum Gasteiger partial charge on any atom is 0.255 e. The molecule has 11 heteroatoms. The van der Waals surface area contributed by atoms with Crippen molar-refractivity contribution in [2.45, 2.75) is 82.3 Å². The number of rotatable bonds is 9. The quantitative estimate of drug-likeness (QED) is 0.196. The summed E-state index contributed by atoms with van der Waals surface area (Å²) in [4.78, 5) is 58.5. The lowest BCUT2D eigenvalue weighted by atomic mass is 9.57. The van der Waals surface area contributed by atoms with Gasteiger partial charge in [-0.3, -0.25) is 29.1 Å². The number of aromatic hydroxyl groups is 1. The third-order valence-electron chi connectivity index (χ3n) is 11.0. The summed E-state index contributed by atoms with van der Waals surface area (Å²) in [5, 5.41) is 46.6. The fraction of sp³-hybridized carbons (Fsp3) is 0.486. The third kappa shape index (κ3) is 5.52. The van der Waals surface area contributed by atoms with Crippen molar-refractivity contribution in [3.63, 3.8) is 0 Å². The molecule has 1 heterocycles. The van der Waals surface area contributed by atoms with E-state index in [4.69, 9.17) is 5.73 Å². The van der Waals surface area contributed by atoms with Crippen LogP contribution in [0.2, 0.25) is 0 Å². The van der Waals surface area contributed by atoms with E-state index in [0.717, 1.165) is 24.8 Å². The number of hydrogen-bond donors (Lipinski definition) is 5. The van der Waals surface area contributed by atoms with Crippen LogP contribution in [0, 0.1) is 17.8 Å². The van der Waals surface area contributed by atoms with Crippen LogP contribution in [0.1, 0.15) is 84.0 Å². The van der Waals surface area contributed by atoms with Crippen LogP contribution in [0.4, 0.5) is 0 Å². The predicted octanol–water partition coefficient (Wildman–Crippen LogP) is 3.69. The number of nitrogens with zero attached hydrogens (tertiary/aromatic N) is 2. The standard InChI is InChI=1S/C37H43N3O8/c1-40(2)30-25-17-23-16-24-20(11-10-19-7-4-3-5-8-19)15-21(12-13-26(41)22-9-6-14-39-18-22)31(42)28(24)32(43)27(23)34(45)37(25,48)35(46)29(33(30)44)36(38)47/h6,9,14-15,18-19,23,25,30,42-43,46,48H,3-5,7-8,10-13,16-17H2,1-2H3,(H2,38,47)/t23-,25-,30+,37+/m1/s1. The lowest BCUT2D eigenvalue weighted by Gasteiger charge is -2.50. The van der Waals surface area contributed by atoms with Crippen molar-refractivity contribution in [2.75, 3.05) is 14.1 Å². The number of pyridine rings is 1. The summed E-state index contributed by atoms with van der Waals surface area (Å²) < 4.78 is 0. The van der Waals surface area contributed by atoms with Crippen molar-refractivity contribution in [1.29, 1.82) is 0 Å². The molecule has 254 valence electrons. The summed E-state index contributed by atoms with van der Waals surface area (Å²) in [6.07, 6.45) is 11.1. The molecule has 2 fully saturated rings. The molecule has 1 amide bonds. The van der Waals surface area contributed by atoms with E-state index in [0.29, 0.717) is 29.0 Å². The van der Waals surface area contributed by atoms with Crippen LogP contribution in [0.25, 0.3) is 5.76 Å². The van der Waals surface area contributed by atoms with Gasteiger partial charge in [0.2, 0.25) is 5.78 Å². The van der Waals surface area contributed by atoms with E-state index in [9.17, 15) is 39.6 Å². The van der Waals surface area contributed by atoms with E-state index in [1.165, 1.54) is 30.4 Å². The van der Waals surface area contributed by atoms with Crippen LogP contribution in [-0.4, -0.2) is 79.3 Å². The molecule has 0 spiro atoms. The number of ketones is 3. The summed E-state index contributed by atoms with van der Waals surface area (Å²) in [5.41, 5.74) is 4.30. The van der Waals surface area contributed by atoms with Crippen LogP contribution < -0.4 is 5.73 Å². The molecule has 4 aliphatic carbocycles. The highest BCUT2D eigenvalue weighted by Crippen LogP contribution is 2.53. The average molecular weight is 658 g/mol. The number of aryl methyl sites for hydroxylation is 2. The minimum absolute atomic E-state index is 0.0377. The Balaban J connectivity index is 1.45. The van der Waals surface area contributed by atoms with Gasteiger partial charge in [-0.05, 0) is 86.9 Å². The van der Waals surface area contributed by atoms with Crippen molar-refractivity contribution < 1.29 is 39.6 Å². The van der Waals surface area contributed by atoms with Gasteiger partial charge < -0.3 is 26.2 Å². The zero-order chi connectivity index (χ0) is 34.5. The van der Waals surface area contributed by atoms with E-state index in [1.807, 2.05) is 6.07 Å². The normalized spacial score (nSPS) is 26.0. The number of benzene rings is 1. The Kier molecular flexibility index (Phi) is 9.04. The number of aliphatic hydroxyl groups excluding tert-OH is 2. The van der Waals surface area contributed by atoms with Crippen molar-refractivity contribution in [1.82, 2.24) is 9.88 Å². The van der Waals surface area contributed by atoms with Gasteiger partial charge in [-0.2, -0.15) is 0 Å². The molecular weight excluding hydrogens is 614 g/mol. The molecular formula is C37H43N3O8. The van der Waals surface area contributed by atoms with Gasteiger partial charge in [0.1, 0.15) is 22.8 Å². The molecule has 6 N–H and O–H groups in total. The van der Waals surface area contributed by atoms with Crippen molar-refractivity contribution in [2.24, 2.45) is 23.5 Å². The second-order valence-corrected chi connectivity index (χ2v) is 14.1. The van der Waals surface area contributed by atoms with Gasteiger partial charge in [0.25, 0.3) is 5.91 Å². The molecule has 0 radical (unpaired) electrons. The molecule has 4 atom stereocenters. The van der Waals surface area contributed by atoms with Gasteiger partial charge in [0.15, 0.2) is 17.2 Å². The summed E-state index contributed by atoms with van der Waals surface area (Å²) in [6.45, 7) is 0. The van der Waals surface area contributed by atoms with Gasteiger partial charge in [-0.25, -0.2) is 0 Å². The van der Waals surface area contributed by atoms with Crippen LogP contribution in [0.3, 0.4) is 0 Å². The molecule has 1 aromatic carbocycles. The first kappa shape index (κ1) is 33.5. The molecule has 0 bridgehead atoms. The Morgan fingerprint density at radius 3 is 2.44 bits per heavy atom. The SMILES string of the molecule is CN(C)[C@@H]1C(=O)C(C(N)=O)=C(O)[C@@]2(O)C(=O)C3=C(O)c4c(O)c(CCC(=O)c5cccnc5)cc(CCC5CCCCC5)c4C[C@@H]3C[C@H]12. The lowest BCUT2D eigenvalue weighted by Crippen LogP contribution is -2.65. The Morgan fingerprint density at radius 2 is 1.79 bits per heavy atom. The minimum atomic E-state index is -2.70. The maximum atomic E-state index is 14.3. The predicted molar refractivity (Wildman–Crippen MR) is 176 cm³/mol. The first-order valence-electron chi connectivity index (χ1n) is 16.8. The monoisotopic (exact) mass is 657 g/mol. The van der Waals surface area contributed by atoms with Crippen LogP contribution in [-0.2, 0) is 33.6 Å². The van der Waals surface area contributed by atoms with E-state index >= 15 is 0 Å². The highest BCUT2D eigenvalue weighted by molar-refractivity contribution is 6.24. The van der Waals surface area contributed by atoms with E-state index in [2.05, 4.69) is 4.98 Å². The number of phenolic OH excluding ortho intramolecular Hbond substituents is 1. The van der Waals surface area contributed by atoms with Crippen molar-refractivity contribution in [3.8, 4) is 5.75 Å². The number of amides is 1. The van der Waals surface area contributed by atoms with Crippen molar-refractivity contribution >= 4 is 29.0 Å². The second kappa shape index (κ2) is 12.9. The minimum Gasteiger partial charge on any atom is -0.508 e. The highest BCUT2D eigenvalue weighted by Gasteiger charge is 2.64. The van der Waals surface area contributed by atoms with Gasteiger partial charge in [-0.1, -0.05) is 38.2 Å². The van der Waals surface area contributed by atoms with Crippen molar-refractivity contribution in [3.05, 3.63) is 75.3 Å². The fourth-order valence-electron chi connectivity index (χ4n) is 8.62. The van der Waals surface area contributed by atoms with Gasteiger partial charge in [0, 0.05) is 35.9 Å². The molecule has 2 saturated carbocycles. The summed E-state index contributed by atoms with van der Waals surface area (Å²) >= 11 is 0. The first-order valence-corrected chi connectivity index (χ1v) is 16.8. The number of Topliss-reactive ketones (excluding diaryl/α,β-unsaturated/α-hetero) is 3. The molecule has 6 rings (SSSR count). The number of likely N-dealkylation sites (N-methyl/N-ethyl adjacent to an activating group) is 1. The first-order chi connectivity index (χ1) is 22.9. The number of primary amides is 1. The topological polar surface area (TPSA) is 191 Å². The number of aliphatic hydroxyl groups is 3. The fourth-order valence-corrected chi connectivity index (χ4v) is 8.62. The zero-order valence-electron chi connectivity index (χ0n) is 27.4. The molecule has 48 heavy (non-hydrogen) atoms. The number of carbonyl (C=O) groups excluding carboxylic acids is 4. The average Bonchev–Trinajstić information content (AvgIpc) is 3.06. The summed E-state index contributed by atoms with van der Waals surface area (Å²) in [7, 11) is 3.16. The Bertz CT molecular complexity index is 1740. The number of nitrogens with two attached hydrogens (primary N) is 1. The highest BCUT2D eigenvalue weighted by atomic mass is 16.3. The summed E-state index contributed by atoms with van der Waals surface area (Å²) in [5.74, 6) is -6.34. The van der Waals surface area contributed by atoms with Crippen LogP contribution in [0.15, 0.2) is 47.5 Å². The van der Waals surface area contributed by atoms with Gasteiger partial charge >= 0.3 is 0 Å². The van der Waals surface area contributed by atoms with Gasteiger partial charge in [-0.15, -0.1) is 0 Å². The Hall–Kier alpha value is -4.35. The molecule has 0 aliphatic heterocycles. The number of aromatic nitrogens is 1. The van der Waals surface area contributed by atoms with Crippen LogP contribution >= 0.6 is 0 Å². The van der Waals surface area contributed by atoms with E-state index in [1.54, 1.807) is 32.4 Å². The number of phenols is 1. The lowest BCUT2D eigenvalue weighted by molar-refractivity contribution is -0.153. The molecule has 2 aromatic rings. The van der Waals surface area contributed by atoms with E-state index in [-0.39, 0.29) is 48.4 Å². The smallest absolute Gasteiger partial charge is 0.255 e. The molecule has 0 saturated heterocycles. The largest absolute Gasteiger partial charge is 0.508 e. The number of carbonyl (C=O) groups is 4. The molecule has 0 unspecified atom stereocenters. The van der Waals surface area contributed by atoms with Crippen LogP contribution in [0.5, 0.6) is 5.75 Å². The number of hydrogen-bond acceptors (Lipinski definition) is 10. The van der Waals surface area contributed by atoms with E-state index < -0.39 is 58.0 Å². The third-order valence-corrected chi connectivity index (χ3v) is 11.0. The Labute approximate surface area is 279 Å².